The van der Waals surface area contributed by atoms with E-state index in [1.807, 2.05) is 13.8 Å². The van der Waals surface area contributed by atoms with Crippen LogP contribution in [-0.2, 0) is 6.54 Å². The zero-order valence-electron chi connectivity index (χ0n) is 11.9. The molecule has 0 unspecified atom stereocenters. The SMILES string of the molecule is CC(C)n1cc(C(=O)NCc2ccc(C(=O)O)cc2)cn1. The van der Waals surface area contributed by atoms with E-state index >= 15 is 0 Å². The van der Waals surface area contributed by atoms with Crippen LogP contribution in [0.3, 0.4) is 0 Å². The van der Waals surface area contributed by atoms with Crippen LogP contribution in [0.2, 0.25) is 0 Å². The molecule has 0 saturated carbocycles. The van der Waals surface area contributed by atoms with Crippen LogP contribution in [0.4, 0.5) is 0 Å². The lowest BCUT2D eigenvalue weighted by Crippen LogP contribution is -2.22. The number of benzene rings is 1. The Kier molecular flexibility index (Phi) is 4.37. The van der Waals surface area contributed by atoms with Gasteiger partial charge in [0.25, 0.3) is 5.91 Å². The first-order valence-electron chi connectivity index (χ1n) is 6.62. The molecule has 0 aliphatic carbocycles. The number of aromatic nitrogens is 2. The molecule has 110 valence electrons. The number of amides is 1. The van der Waals surface area contributed by atoms with Crippen LogP contribution in [0.15, 0.2) is 36.7 Å². The van der Waals surface area contributed by atoms with Crippen LogP contribution in [-0.4, -0.2) is 26.8 Å². The van der Waals surface area contributed by atoms with E-state index in [-0.39, 0.29) is 17.5 Å². The maximum Gasteiger partial charge on any atom is 0.335 e. The highest BCUT2D eigenvalue weighted by Crippen LogP contribution is 2.07. The van der Waals surface area contributed by atoms with Crippen LogP contribution in [0.5, 0.6) is 0 Å². The van der Waals surface area contributed by atoms with Crippen molar-refractivity contribution in [1.82, 2.24) is 15.1 Å². The number of nitrogens with zero attached hydrogens (tertiary/aromatic N) is 2. The molecule has 21 heavy (non-hydrogen) atoms. The molecule has 2 aromatic rings. The maximum absolute atomic E-state index is 12.0. The van der Waals surface area contributed by atoms with Gasteiger partial charge in [0.15, 0.2) is 0 Å². The second kappa shape index (κ2) is 6.21. The fraction of sp³-hybridized carbons (Fsp3) is 0.267. The summed E-state index contributed by atoms with van der Waals surface area (Å²) in [5, 5.41) is 15.7. The largest absolute Gasteiger partial charge is 0.478 e. The number of aromatic carboxylic acids is 1. The molecular formula is C15H17N3O3. The topological polar surface area (TPSA) is 84.2 Å². The van der Waals surface area contributed by atoms with Gasteiger partial charge in [0.05, 0.1) is 17.3 Å². The summed E-state index contributed by atoms with van der Waals surface area (Å²) in [5.74, 6) is -1.17. The van der Waals surface area contributed by atoms with Gasteiger partial charge >= 0.3 is 5.97 Å². The summed E-state index contributed by atoms with van der Waals surface area (Å²) in [7, 11) is 0. The van der Waals surface area contributed by atoms with Gasteiger partial charge in [-0.05, 0) is 31.5 Å². The van der Waals surface area contributed by atoms with E-state index in [0.717, 1.165) is 5.56 Å². The fourth-order valence-corrected chi connectivity index (χ4v) is 1.79. The molecule has 1 aromatic carbocycles. The van der Waals surface area contributed by atoms with Gasteiger partial charge in [0.2, 0.25) is 0 Å². The highest BCUT2D eigenvalue weighted by Gasteiger charge is 2.10. The molecule has 0 atom stereocenters. The average Bonchev–Trinajstić information content (AvgIpc) is 2.95. The first-order chi connectivity index (χ1) is 9.97. The summed E-state index contributed by atoms with van der Waals surface area (Å²) in [6, 6.07) is 6.60. The van der Waals surface area contributed by atoms with Gasteiger partial charge in [-0.3, -0.25) is 9.48 Å². The molecule has 0 saturated heterocycles. The number of nitrogens with one attached hydrogen (secondary N) is 1. The lowest BCUT2D eigenvalue weighted by atomic mass is 10.1. The van der Waals surface area contributed by atoms with Gasteiger partial charge in [0, 0.05) is 18.8 Å². The highest BCUT2D eigenvalue weighted by atomic mass is 16.4. The van der Waals surface area contributed by atoms with Crippen molar-refractivity contribution in [3.05, 3.63) is 53.3 Å². The van der Waals surface area contributed by atoms with Crippen LogP contribution >= 0.6 is 0 Å². The van der Waals surface area contributed by atoms with E-state index in [1.54, 1.807) is 23.0 Å². The number of rotatable bonds is 5. The number of hydrogen-bond acceptors (Lipinski definition) is 3. The molecule has 0 spiro atoms. The van der Waals surface area contributed by atoms with E-state index < -0.39 is 5.97 Å². The Hall–Kier alpha value is -2.63. The predicted molar refractivity (Wildman–Crippen MR) is 77.2 cm³/mol. The fourth-order valence-electron chi connectivity index (χ4n) is 1.79. The van der Waals surface area contributed by atoms with Crippen LogP contribution in [0.1, 0.15) is 46.2 Å². The standard InChI is InChI=1S/C15H17N3O3/c1-10(2)18-9-13(8-17-18)14(19)16-7-11-3-5-12(6-4-11)15(20)21/h3-6,8-10H,7H2,1-2H3,(H,16,19)(H,20,21). The summed E-state index contributed by atoms with van der Waals surface area (Å²) in [6.07, 6.45) is 3.23. The van der Waals surface area contributed by atoms with Crippen molar-refractivity contribution < 1.29 is 14.7 Å². The number of carbonyl (C=O) groups is 2. The maximum atomic E-state index is 12.0. The Balaban J connectivity index is 1.95. The molecule has 1 aromatic heterocycles. The van der Waals surface area contributed by atoms with E-state index in [0.29, 0.717) is 12.1 Å². The Morgan fingerprint density at radius 2 is 1.90 bits per heavy atom. The number of hydrogen-bond donors (Lipinski definition) is 2. The first-order valence-corrected chi connectivity index (χ1v) is 6.62. The van der Waals surface area contributed by atoms with Crippen molar-refractivity contribution in [2.45, 2.75) is 26.4 Å². The second-order valence-electron chi connectivity index (χ2n) is 4.99. The molecule has 0 aliphatic rings. The monoisotopic (exact) mass is 287 g/mol. The predicted octanol–water partition coefficient (Wildman–Crippen LogP) is 2.09. The molecule has 0 fully saturated rings. The molecular weight excluding hydrogens is 270 g/mol. The van der Waals surface area contributed by atoms with Crippen molar-refractivity contribution in [2.75, 3.05) is 0 Å². The number of carboxylic acid groups (broad SMARTS) is 1. The molecule has 2 N–H and O–H groups in total. The highest BCUT2D eigenvalue weighted by molar-refractivity contribution is 5.93. The van der Waals surface area contributed by atoms with Gasteiger partial charge in [-0.1, -0.05) is 12.1 Å². The van der Waals surface area contributed by atoms with Gasteiger partial charge in [-0.2, -0.15) is 5.10 Å². The van der Waals surface area contributed by atoms with Crippen molar-refractivity contribution in [2.24, 2.45) is 0 Å². The minimum absolute atomic E-state index is 0.204. The third-order valence-corrected chi connectivity index (χ3v) is 3.05. The summed E-state index contributed by atoms with van der Waals surface area (Å²) < 4.78 is 1.72. The Morgan fingerprint density at radius 3 is 2.43 bits per heavy atom. The Bertz CT molecular complexity index is 644. The summed E-state index contributed by atoms with van der Waals surface area (Å²) in [5.41, 5.74) is 1.57. The Labute approximate surface area is 122 Å². The molecule has 0 radical (unpaired) electrons. The third-order valence-electron chi connectivity index (χ3n) is 3.05. The van der Waals surface area contributed by atoms with E-state index in [4.69, 9.17) is 5.11 Å². The van der Waals surface area contributed by atoms with E-state index in [2.05, 4.69) is 10.4 Å². The lowest BCUT2D eigenvalue weighted by Gasteiger charge is -2.05. The molecule has 0 aliphatic heterocycles. The minimum atomic E-state index is -0.966. The molecule has 0 bridgehead atoms. The van der Waals surface area contributed by atoms with E-state index in [1.165, 1.54) is 18.3 Å². The van der Waals surface area contributed by atoms with Crippen LogP contribution in [0, 0.1) is 0 Å². The molecule has 1 amide bonds. The third kappa shape index (κ3) is 3.68. The minimum Gasteiger partial charge on any atom is -0.478 e. The number of carbonyl (C=O) groups excluding carboxylic acids is 1. The lowest BCUT2D eigenvalue weighted by molar-refractivity contribution is 0.0696. The quantitative estimate of drug-likeness (QED) is 0.882. The molecule has 2 rings (SSSR count). The van der Waals surface area contributed by atoms with Gasteiger partial charge < -0.3 is 10.4 Å². The molecule has 6 nitrogen and oxygen atoms in total. The summed E-state index contributed by atoms with van der Waals surface area (Å²) in [6.45, 7) is 4.31. The van der Waals surface area contributed by atoms with Gasteiger partial charge in [0.1, 0.15) is 0 Å². The average molecular weight is 287 g/mol. The smallest absolute Gasteiger partial charge is 0.335 e. The van der Waals surface area contributed by atoms with Crippen molar-refractivity contribution in [3.8, 4) is 0 Å². The van der Waals surface area contributed by atoms with Gasteiger partial charge in [-0.25, -0.2) is 4.79 Å². The zero-order valence-corrected chi connectivity index (χ0v) is 11.9. The van der Waals surface area contributed by atoms with Crippen molar-refractivity contribution >= 4 is 11.9 Å². The van der Waals surface area contributed by atoms with Crippen LogP contribution < -0.4 is 5.32 Å². The molecule has 1 heterocycles. The molecule has 6 heteroatoms. The summed E-state index contributed by atoms with van der Waals surface area (Å²) >= 11 is 0. The van der Waals surface area contributed by atoms with Crippen molar-refractivity contribution in [1.29, 1.82) is 0 Å². The van der Waals surface area contributed by atoms with Crippen molar-refractivity contribution in [3.63, 3.8) is 0 Å². The van der Waals surface area contributed by atoms with Crippen LogP contribution in [0.25, 0.3) is 0 Å². The normalized spacial score (nSPS) is 10.6. The zero-order chi connectivity index (χ0) is 15.4. The summed E-state index contributed by atoms with van der Waals surface area (Å²) in [4.78, 5) is 22.7. The first kappa shape index (κ1) is 14.8. The second-order valence-corrected chi connectivity index (χ2v) is 4.99. The van der Waals surface area contributed by atoms with Gasteiger partial charge in [-0.15, -0.1) is 0 Å². The number of carboxylic acids is 1. The Morgan fingerprint density at radius 1 is 1.24 bits per heavy atom. The van der Waals surface area contributed by atoms with E-state index in [9.17, 15) is 9.59 Å².